The topological polar surface area (TPSA) is 85.9 Å². The maximum absolute atomic E-state index is 14.2. The lowest BCUT2D eigenvalue weighted by molar-refractivity contribution is -0.142. The summed E-state index contributed by atoms with van der Waals surface area (Å²) in [6, 6.07) is 17.5. The maximum atomic E-state index is 14.2. The number of hydrogen-bond acceptors (Lipinski definition) is 6. The molecule has 5 atom stereocenters. The molecule has 0 unspecified atom stereocenters. The van der Waals surface area contributed by atoms with Crippen molar-refractivity contribution in [1.82, 2.24) is 25.8 Å². The highest BCUT2D eigenvalue weighted by Crippen LogP contribution is 2.32. The third-order valence-electron chi connectivity index (χ3n) is 8.40. The number of carbonyl (C=O) groups excluding carboxylic acids is 2. The lowest BCUT2D eigenvalue weighted by Gasteiger charge is -2.45. The van der Waals surface area contributed by atoms with Crippen molar-refractivity contribution < 1.29 is 14.3 Å². The van der Waals surface area contributed by atoms with Gasteiger partial charge >= 0.3 is 0 Å². The molecular weight excluding hydrogens is 478 g/mol. The lowest BCUT2D eigenvalue weighted by atomic mass is 9.98. The lowest BCUT2D eigenvalue weighted by Crippen LogP contribution is -2.60. The fraction of sp³-hybridized carbons (Fsp3) is 0.533. The minimum absolute atomic E-state index is 0.0131. The first kappa shape index (κ1) is 26.7. The van der Waals surface area contributed by atoms with Gasteiger partial charge in [-0.3, -0.25) is 14.5 Å². The van der Waals surface area contributed by atoms with E-state index in [-0.39, 0.29) is 29.9 Å². The Morgan fingerprint density at radius 3 is 2.66 bits per heavy atom. The Balaban J connectivity index is 1.32. The van der Waals surface area contributed by atoms with Gasteiger partial charge in [-0.2, -0.15) is 0 Å². The fourth-order valence-corrected chi connectivity index (χ4v) is 6.08. The minimum atomic E-state index is -0.703. The monoisotopic (exact) mass is 519 g/mol. The molecule has 2 aromatic rings. The van der Waals surface area contributed by atoms with Crippen molar-refractivity contribution >= 4 is 11.8 Å². The van der Waals surface area contributed by atoms with E-state index in [1.807, 2.05) is 49.4 Å². The van der Waals surface area contributed by atoms with Crippen LogP contribution in [0.1, 0.15) is 55.8 Å². The van der Waals surface area contributed by atoms with Gasteiger partial charge in [0.25, 0.3) is 0 Å². The van der Waals surface area contributed by atoms with Crippen molar-refractivity contribution in [2.24, 2.45) is 0 Å². The van der Waals surface area contributed by atoms with Crippen molar-refractivity contribution in [3.05, 3.63) is 65.7 Å². The third-order valence-corrected chi connectivity index (χ3v) is 8.40. The summed E-state index contributed by atoms with van der Waals surface area (Å²) in [5.41, 5.74) is 2.03. The number of nitrogens with zero attached hydrogens (tertiary/aromatic N) is 2. The van der Waals surface area contributed by atoms with Gasteiger partial charge in [0.2, 0.25) is 11.8 Å². The molecule has 3 aliphatic rings. The molecular formula is C30H41N5O3. The van der Waals surface area contributed by atoms with Crippen molar-refractivity contribution in [2.75, 3.05) is 39.8 Å². The molecule has 0 bridgehead atoms. The standard InChI is InChI=1S/C30H41N5O3/c1-21(31-2)29(36)33-28(22-9-4-3-5-10-22)30(37)35-20-23-11-8-17-34(23)19-24(35)14-16-32-26-15-18-38-27-13-7-6-12-25(26)27/h3-7,9-10,12-13,21,23-24,26,28,31-32H,8,11,14-20H2,1-2H3,(H,33,36)/t21-,23+,24+,26+,28-/m0/s1. The number of carbonyl (C=O) groups is 2. The molecule has 0 aromatic heterocycles. The highest BCUT2D eigenvalue weighted by molar-refractivity contribution is 5.90. The van der Waals surface area contributed by atoms with Crippen molar-refractivity contribution in [3.8, 4) is 5.75 Å². The number of nitrogens with one attached hydrogen (secondary N) is 3. The first-order valence-electron chi connectivity index (χ1n) is 14.1. The Kier molecular flexibility index (Phi) is 8.61. The van der Waals surface area contributed by atoms with Crippen LogP contribution in [0.4, 0.5) is 0 Å². The molecule has 3 N–H and O–H groups in total. The van der Waals surface area contributed by atoms with Crippen LogP contribution in [0.5, 0.6) is 5.75 Å². The molecule has 0 saturated carbocycles. The molecule has 2 fully saturated rings. The molecule has 38 heavy (non-hydrogen) atoms. The van der Waals surface area contributed by atoms with Gasteiger partial charge in [-0.15, -0.1) is 0 Å². The summed E-state index contributed by atoms with van der Waals surface area (Å²) < 4.78 is 5.83. The summed E-state index contributed by atoms with van der Waals surface area (Å²) in [4.78, 5) is 31.7. The van der Waals surface area contributed by atoms with Crippen LogP contribution in [0.15, 0.2) is 54.6 Å². The summed E-state index contributed by atoms with van der Waals surface area (Å²) >= 11 is 0. The van der Waals surface area contributed by atoms with Crippen molar-refractivity contribution in [1.29, 1.82) is 0 Å². The average molecular weight is 520 g/mol. The van der Waals surface area contributed by atoms with Crippen LogP contribution in [0.2, 0.25) is 0 Å². The second-order valence-electron chi connectivity index (χ2n) is 10.8. The predicted molar refractivity (Wildman–Crippen MR) is 148 cm³/mol. The van der Waals surface area contributed by atoms with E-state index in [1.165, 1.54) is 12.0 Å². The van der Waals surface area contributed by atoms with E-state index >= 15 is 0 Å². The zero-order valence-corrected chi connectivity index (χ0v) is 22.6. The van der Waals surface area contributed by atoms with Crippen LogP contribution in [-0.2, 0) is 9.59 Å². The number of piperazine rings is 1. The van der Waals surface area contributed by atoms with Gasteiger partial charge in [-0.25, -0.2) is 0 Å². The van der Waals surface area contributed by atoms with Gasteiger partial charge in [0, 0.05) is 43.2 Å². The summed E-state index contributed by atoms with van der Waals surface area (Å²) in [5, 5.41) is 9.77. The normalized spacial score (nSPS) is 24.6. The highest BCUT2D eigenvalue weighted by Gasteiger charge is 2.41. The van der Waals surface area contributed by atoms with Crippen molar-refractivity contribution in [2.45, 2.75) is 62.8 Å². The highest BCUT2D eigenvalue weighted by atomic mass is 16.5. The number of hydrogen-bond donors (Lipinski definition) is 3. The molecule has 5 rings (SSSR count). The number of likely N-dealkylation sites (N-methyl/N-ethyl adjacent to an activating group) is 1. The Morgan fingerprint density at radius 1 is 1.05 bits per heavy atom. The molecule has 2 amide bonds. The molecule has 0 spiro atoms. The summed E-state index contributed by atoms with van der Waals surface area (Å²) in [5.74, 6) is 0.772. The average Bonchev–Trinajstić information content (AvgIpc) is 3.42. The fourth-order valence-electron chi connectivity index (χ4n) is 6.08. The Hall–Kier alpha value is -2.94. The van der Waals surface area contributed by atoms with Crippen LogP contribution in [-0.4, -0.2) is 79.6 Å². The van der Waals surface area contributed by atoms with Gasteiger partial charge in [0.15, 0.2) is 0 Å². The van der Waals surface area contributed by atoms with Gasteiger partial charge in [0.1, 0.15) is 11.8 Å². The van der Waals surface area contributed by atoms with E-state index in [0.717, 1.165) is 50.2 Å². The van der Waals surface area contributed by atoms with E-state index in [4.69, 9.17) is 4.74 Å². The molecule has 8 nitrogen and oxygen atoms in total. The van der Waals surface area contributed by atoms with Crippen LogP contribution in [0, 0.1) is 0 Å². The quantitative estimate of drug-likeness (QED) is 0.472. The molecule has 2 saturated heterocycles. The van der Waals surface area contributed by atoms with E-state index in [0.29, 0.717) is 19.2 Å². The number of rotatable bonds is 9. The van der Waals surface area contributed by atoms with Crippen LogP contribution < -0.4 is 20.7 Å². The summed E-state index contributed by atoms with van der Waals surface area (Å²) in [6.07, 6.45) is 4.09. The van der Waals surface area contributed by atoms with Crippen LogP contribution in [0.3, 0.4) is 0 Å². The molecule has 3 aliphatic heterocycles. The van der Waals surface area contributed by atoms with E-state index in [1.54, 1.807) is 7.05 Å². The number of benzene rings is 2. The van der Waals surface area contributed by atoms with Gasteiger partial charge in [-0.1, -0.05) is 48.5 Å². The number of amides is 2. The number of para-hydroxylation sites is 1. The zero-order chi connectivity index (χ0) is 26.5. The van der Waals surface area contributed by atoms with E-state index in [2.05, 4.69) is 37.9 Å². The van der Waals surface area contributed by atoms with Crippen LogP contribution >= 0.6 is 0 Å². The second-order valence-corrected chi connectivity index (χ2v) is 10.8. The maximum Gasteiger partial charge on any atom is 0.250 e. The Bertz CT molecular complexity index is 1100. The van der Waals surface area contributed by atoms with E-state index in [9.17, 15) is 9.59 Å². The SMILES string of the molecule is CN[C@@H](C)C(=O)N[C@H](C(=O)N1C[C@H]2CCCN2C[C@H]1CCN[C@@H]1CCOc2ccccc21)c1ccccc1. The summed E-state index contributed by atoms with van der Waals surface area (Å²) in [6.45, 7) is 6.02. The largest absolute Gasteiger partial charge is 0.493 e. The molecule has 8 heteroatoms. The summed E-state index contributed by atoms with van der Waals surface area (Å²) in [7, 11) is 1.75. The first-order valence-corrected chi connectivity index (χ1v) is 14.1. The first-order chi connectivity index (χ1) is 18.5. The van der Waals surface area contributed by atoms with Gasteiger partial charge in [-0.05, 0) is 58.0 Å². The third kappa shape index (κ3) is 5.87. The molecule has 2 aromatic carbocycles. The molecule has 204 valence electrons. The van der Waals surface area contributed by atoms with Gasteiger partial charge < -0.3 is 25.6 Å². The van der Waals surface area contributed by atoms with E-state index < -0.39 is 6.04 Å². The number of fused-ring (bicyclic) bond motifs is 2. The second kappa shape index (κ2) is 12.3. The Morgan fingerprint density at radius 2 is 1.84 bits per heavy atom. The Labute approximate surface area is 226 Å². The number of ether oxygens (including phenoxy) is 1. The molecule has 3 heterocycles. The van der Waals surface area contributed by atoms with Crippen molar-refractivity contribution in [3.63, 3.8) is 0 Å². The molecule has 0 radical (unpaired) electrons. The van der Waals surface area contributed by atoms with Gasteiger partial charge in [0.05, 0.1) is 12.6 Å². The minimum Gasteiger partial charge on any atom is -0.493 e. The molecule has 0 aliphatic carbocycles. The smallest absolute Gasteiger partial charge is 0.250 e. The zero-order valence-electron chi connectivity index (χ0n) is 22.6. The van der Waals surface area contributed by atoms with Crippen LogP contribution in [0.25, 0.3) is 0 Å². The predicted octanol–water partition coefficient (Wildman–Crippen LogP) is 2.63.